The average Bonchev–Trinajstić information content (AvgIpc) is 3.09. The quantitative estimate of drug-likeness (QED) is 0.824. The number of carbonyl (C=O) groups excluding carboxylic acids is 1. The van der Waals surface area contributed by atoms with Gasteiger partial charge in [0.2, 0.25) is 11.8 Å². The number of nitrogens with one attached hydrogen (secondary N) is 1. The third kappa shape index (κ3) is 4.15. The van der Waals surface area contributed by atoms with Gasteiger partial charge in [0.05, 0.1) is 17.0 Å². The van der Waals surface area contributed by atoms with Gasteiger partial charge in [-0.15, -0.1) is 11.3 Å². The summed E-state index contributed by atoms with van der Waals surface area (Å²) in [6.45, 7) is 3.97. The van der Waals surface area contributed by atoms with Crippen molar-refractivity contribution in [2.45, 2.75) is 38.6 Å². The largest absolute Gasteiger partial charge is 0.444 e. The van der Waals surface area contributed by atoms with Crippen molar-refractivity contribution in [2.75, 3.05) is 6.61 Å². The Labute approximate surface area is 128 Å². The summed E-state index contributed by atoms with van der Waals surface area (Å²) < 4.78 is 5.39. The molecule has 0 bridgehead atoms. The van der Waals surface area contributed by atoms with Crippen LogP contribution in [0, 0.1) is 0 Å². The first-order chi connectivity index (χ1) is 10.1. The molecule has 0 aliphatic rings. The summed E-state index contributed by atoms with van der Waals surface area (Å²) in [6.07, 6.45) is 2.99. The number of nitrogens with zero attached hydrogens (tertiary/aromatic N) is 1. The van der Waals surface area contributed by atoms with Gasteiger partial charge in [0.25, 0.3) is 0 Å². The molecule has 0 aromatic carbocycles. The molecule has 6 heteroatoms. The molecular weight excluding hydrogens is 288 g/mol. The minimum Gasteiger partial charge on any atom is -0.444 e. The third-order valence-electron chi connectivity index (χ3n) is 3.51. The van der Waals surface area contributed by atoms with E-state index in [0.29, 0.717) is 18.0 Å². The maximum atomic E-state index is 12.1. The standard InChI is InChI=1S/C15H20N2O3S/c1-3-15(2,6-7-18)17-13(19)9-11-10-20-14(16-11)12-5-4-8-21-12/h4-5,8,10,18H,3,6-7,9H2,1-2H3,(H,17,19). The van der Waals surface area contributed by atoms with Crippen molar-refractivity contribution >= 4 is 17.2 Å². The third-order valence-corrected chi connectivity index (χ3v) is 4.37. The number of carbonyl (C=O) groups is 1. The predicted octanol–water partition coefficient (Wildman–Crippen LogP) is 2.61. The second kappa shape index (κ2) is 6.87. The monoisotopic (exact) mass is 308 g/mol. The maximum absolute atomic E-state index is 12.1. The molecule has 0 radical (unpaired) electrons. The van der Waals surface area contributed by atoms with E-state index in [-0.39, 0.29) is 24.5 Å². The van der Waals surface area contributed by atoms with Crippen LogP contribution in [0.3, 0.4) is 0 Å². The fraction of sp³-hybridized carbons (Fsp3) is 0.467. The van der Waals surface area contributed by atoms with Gasteiger partial charge in [-0.1, -0.05) is 13.0 Å². The highest BCUT2D eigenvalue weighted by Crippen LogP contribution is 2.23. The normalized spacial score (nSPS) is 13.9. The number of thiophene rings is 1. The van der Waals surface area contributed by atoms with Gasteiger partial charge in [-0.3, -0.25) is 4.79 Å². The molecule has 1 amide bonds. The lowest BCUT2D eigenvalue weighted by atomic mass is 9.94. The fourth-order valence-electron chi connectivity index (χ4n) is 2.02. The lowest BCUT2D eigenvalue weighted by Crippen LogP contribution is -2.46. The second-order valence-electron chi connectivity index (χ2n) is 5.23. The molecule has 1 unspecified atom stereocenters. The predicted molar refractivity (Wildman–Crippen MR) is 82.1 cm³/mol. The van der Waals surface area contributed by atoms with E-state index in [0.717, 1.165) is 11.3 Å². The Morgan fingerprint density at radius 1 is 1.57 bits per heavy atom. The zero-order chi connectivity index (χ0) is 15.3. The molecule has 2 aromatic rings. The van der Waals surface area contributed by atoms with Crippen molar-refractivity contribution in [3.8, 4) is 10.8 Å². The first-order valence-corrected chi connectivity index (χ1v) is 7.84. The molecule has 0 spiro atoms. The van der Waals surface area contributed by atoms with Crippen LogP contribution in [0.4, 0.5) is 0 Å². The number of rotatable bonds is 7. The SMILES string of the molecule is CCC(C)(CCO)NC(=O)Cc1coc(-c2cccs2)n1. The molecule has 2 N–H and O–H groups in total. The maximum Gasteiger partial charge on any atom is 0.236 e. The van der Waals surface area contributed by atoms with Gasteiger partial charge >= 0.3 is 0 Å². The molecule has 21 heavy (non-hydrogen) atoms. The molecule has 0 aliphatic carbocycles. The minimum absolute atomic E-state index is 0.0527. The summed E-state index contributed by atoms with van der Waals surface area (Å²) in [6, 6.07) is 3.86. The van der Waals surface area contributed by atoms with Crippen molar-refractivity contribution in [3.05, 3.63) is 29.5 Å². The Bertz CT molecular complexity index is 580. The number of amides is 1. The van der Waals surface area contributed by atoms with E-state index in [9.17, 15) is 4.79 Å². The summed E-state index contributed by atoms with van der Waals surface area (Å²) in [7, 11) is 0. The van der Waals surface area contributed by atoms with E-state index in [1.54, 1.807) is 11.3 Å². The smallest absolute Gasteiger partial charge is 0.236 e. The zero-order valence-corrected chi connectivity index (χ0v) is 13.1. The Morgan fingerprint density at radius 2 is 2.38 bits per heavy atom. The van der Waals surface area contributed by atoms with E-state index < -0.39 is 0 Å². The van der Waals surface area contributed by atoms with E-state index in [2.05, 4.69) is 10.3 Å². The van der Waals surface area contributed by atoms with Gasteiger partial charge in [0, 0.05) is 12.1 Å². The lowest BCUT2D eigenvalue weighted by Gasteiger charge is -2.28. The van der Waals surface area contributed by atoms with Gasteiger partial charge in [0.1, 0.15) is 6.26 Å². The molecular formula is C15H20N2O3S. The second-order valence-corrected chi connectivity index (χ2v) is 6.18. The van der Waals surface area contributed by atoms with Gasteiger partial charge in [-0.25, -0.2) is 4.98 Å². The summed E-state index contributed by atoms with van der Waals surface area (Å²) in [5.41, 5.74) is 0.227. The Hall–Kier alpha value is -1.66. The molecule has 0 saturated heterocycles. The van der Waals surface area contributed by atoms with Crippen LogP contribution < -0.4 is 5.32 Å². The van der Waals surface area contributed by atoms with E-state index in [1.165, 1.54) is 6.26 Å². The van der Waals surface area contributed by atoms with Crippen LogP contribution in [0.5, 0.6) is 0 Å². The number of aliphatic hydroxyl groups is 1. The summed E-state index contributed by atoms with van der Waals surface area (Å²) in [5.74, 6) is 0.431. The number of hydrogen-bond acceptors (Lipinski definition) is 5. The first kappa shape index (κ1) is 15.7. The van der Waals surface area contributed by atoms with Crippen LogP contribution in [0.1, 0.15) is 32.4 Å². The lowest BCUT2D eigenvalue weighted by molar-refractivity contribution is -0.122. The molecule has 5 nitrogen and oxygen atoms in total. The van der Waals surface area contributed by atoms with Crippen LogP contribution >= 0.6 is 11.3 Å². The summed E-state index contributed by atoms with van der Waals surface area (Å²) in [5, 5.41) is 14.0. The topological polar surface area (TPSA) is 75.4 Å². The zero-order valence-electron chi connectivity index (χ0n) is 12.3. The highest BCUT2D eigenvalue weighted by atomic mass is 32.1. The molecule has 2 rings (SSSR count). The van der Waals surface area contributed by atoms with E-state index >= 15 is 0 Å². The average molecular weight is 308 g/mol. The van der Waals surface area contributed by atoms with Crippen LogP contribution in [0.25, 0.3) is 10.8 Å². The molecule has 114 valence electrons. The van der Waals surface area contributed by atoms with E-state index in [1.807, 2.05) is 31.4 Å². The van der Waals surface area contributed by atoms with Crippen LogP contribution in [0.2, 0.25) is 0 Å². The summed E-state index contributed by atoms with van der Waals surface area (Å²) >= 11 is 1.54. The summed E-state index contributed by atoms with van der Waals surface area (Å²) in [4.78, 5) is 17.4. The van der Waals surface area contributed by atoms with Gasteiger partial charge in [-0.05, 0) is 31.2 Å². The fourth-order valence-corrected chi connectivity index (χ4v) is 2.68. The van der Waals surface area contributed by atoms with Gasteiger partial charge in [-0.2, -0.15) is 0 Å². The molecule has 2 heterocycles. The Morgan fingerprint density at radius 3 is 3.00 bits per heavy atom. The molecule has 2 aromatic heterocycles. The van der Waals surface area contributed by atoms with Crippen molar-refractivity contribution in [3.63, 3.8) is 0 Å². The highest BCUT2D eigenvalue weighted by molar-refractivity contribution is 7.13. The van der Waals surface area contributed by atoms with Gasteiger partial charge < -0.3 is 14.8 Å². The van der Waals surface area contributed by atoms with E-state index in [4.69, 9.17) is 9.52 Å². The Kier molecular flexibility index (Phi) is 5.14. The van der Waals surface area contributed by atoms with Crippen molar-refractivity contribution in [1.82, 2.24) is 10.3 Å². The van der Waals surface area contributed by atoms with Crippen LogP contribution in [0.15, 0.2) is 28.2 Å². The number of aliphatic hydroxyl groups excluding tert-OH is 1. The van der Waals surface area contributed by atoms with Gasteiger partial charge in [0.15, 0.2) is 0 Å². The van der Waals surface area contributed by atoms with Crippen molar-refractivity contribution in [2.24, 2.45) is 0 Å². The Balaban J connectivity index is 1.97. The number of aromatic nitrogens is 1. The molecule has 1 atom stereocenters. The van der Waals surface area contributed by atoms with Crippen molar-refractivity contribution < 1.29 is 14.3 Å². The molecule has 0 aliphatic heterocycles. The minimum atomic E-state index is -0.383. The highest BCUT2D eigenvalue weighted by Gasteiger charge is 2.24. The van der Waals surface area contributed by atoms with Crippen LogP contribution in [-0.2, 0) is 11.2 Å². The van der Waals surface area contributed by atoms with Crippen molar-refractivity contribution in [1.29, 1.82) is 0 Å². The first-order valence-electron chi connectivity index (χ1n) is 6.96. The van der Waals surface area contributed by atoms with Crippen LogP contribution in [-0.4, -0.2) is 28.1 Å². The number of oxazole rings is 1. The molecule has 0 saturated carbocycles. The molecule has 0 fully saturated rings. The number of hydrogen-bond donors (Lipinski definition) is 2.